The van der Waals surface area contributed by atoms with Crippen molar-refractivity contribution in [2.75, 3.05) is 13.7 Å². The lowest BCUT2D eigenvalue weighted by molar-refractivity contribution is -0.122. The van der Waals surface area contributed by atoms with Crippen LogP contribution >= 0.6 is 0 Å². The molecule has 0 bridgehead atoms. The molecule has 2 aromatic rings. The largest absolute Gasteiger partial charge is 0.497 e. The molecule has 2 aromatic carbocycles. The number of benzene rings is 2. The Balaban J connectivity index is 1.94. The van der Waals surface area contributed by atoms with Gasteiger partial charge in [0.15, 0.2) is 11.5 Å². The highest BCUT2D eigenvalue weighted by Crippen LogP contribution is 2.28. The molecule has 0 heterocycles. The van der Waals surface area contributed by atoms with E-state index in [-0.39, 0.29) is 12.0 Å². The summed E-state index contributed by atoms with van der Waals surface area (Å²) in [7, 11) is 1.55. The summed E-state index contributed by atoms with van der Waals surface area (Å²) in [6.07, 6.45) is 1.52. The van der Waals surface area contributed by atoms with Crippen LogP contribution in [0.1, 0.15) is 43.6 Å². The van der Waals surface area contributed by atoms with E-state index in [1.54, 1.807) is 50.4 Å². The van der Waals surface area contributed by atoms with Crippen molar-refractivity contribution in [3.8, 4) is 17.2 Å². The van der Waals surface area contributed by atoms with Gasteiger partial charge in [-0.05, 0) is 75.7 Å². The van der Waals surface area contributed by atoms with E-state index < -0.39 is 11.9 Å². The topological polar surface area (TPSA) is 98.2 Å². The number of rotatable bonds is 10. The molecule has 0 aliphatic carbocycles. The molecule has 0 aliphatic rings. The van der Waals surface area contributed by atoms with E-state index in [0.29, 0.717) is 29.4 Å². The summed E-state index contributed by atoms with van der Waals surface area (Å²) in [6, 6.07) is 11.2. The van der Waals surface area contributed by atoms with Crippen molar-refractivity contribution < 1.29 is 23.8 Å². The quantitative estimate of drug-likeness (QED) is 0.448. The van der Waals surface area contributed by atoms with Crippen molar-refractivity contribution in [2.24, 2.45) is 5.10 Å². The zero-order valence-electron chi connectivity index (χ0n) is 18.5. The van der Waals surface area contributed by atoms with Crippen LogP contribution in [0, 0.1) is 0 Å². The van der Waals surface area contributed by atoms with Gasteiger partial charge in [0.25, 0.3) is 11.8 Å². The van der Waals surface area contributed by atoms with E-state index in [2.05, 4.69) is 15.8 Å². The number of hydrazone groups is 1. The number of carbonyl (C=O) groups excluding carboxylic acids is 2. The van der Waals surface area contributed by atoms with Gasteiger partial charge in [0.05, 0.1) is 26.0 Å². The van der Waals surface area contributed by atoms with Crippen LogP contribution in [0.2, 0.25) is 0 Å². The average molecular weight is 428 g/mol. The van der Waals surface area contributed by atoms with Crippen LogP contribution in [0.4, 0.5) is 0 Å². The van der Waals surface area contributed by atoms with Gasteiger partial charge in [-0.1, -0.05) is 0 Å². The van der Waals surface area contributed by atoms with Crippen molar-refractivity contribution in [3.63, 3.8) is 0 Å². The number of ether oxygens (including phenoxy) is 3. The maximum Gasteiger partial charge on any atom is 0.262 e. The molecule has 0 spiro atoms. The third kappa shape index (κ3) is 7.33. The number of methoxy groups -OCH3 is 1. The zero-order chi connectivity index (χ0) is 22.8. The molecule has 1 atom stereocenters. The first kappa shape index (κ1) is 23.7. The fourth-order valence-corrected chi connectivity index (χ4v) is 2.58. The third-order valence-corrected chi connectivity index (χ3v) is 4.11. The van der Waals surface area contributed by atoms with Crippen LogP contribution in [-0.4, -0.2) is 43.9 Å². The van der Waals surface area contributed by atoms with Crippen molar-refractivity contribution >= 4 is 18.0 Å². The minimum Gasteiger partial charge on any atom is -0.497 e. The minimum absolute atomic E-state index is 0.0209. The minimum atomic E-state index is -0.771. The molecule has 2 N–H and O–H groups in total. The van der Waals surface area contributed by atoms with Gasteiger partial charge in [0.1, 0.15) is 11.8 Å². The molecule has 0 aromatic heterocycles. The smallest absolute Gasteiger partial charge is 0.262 e. The Morgan fingerprint density at radius 2 is 1.77 bits per heavy atom. The van der Waals surface area contributed by atoms with E-state index >= 15 is 0 Å². The van der Waals surface area contributed by atoms with Gasteiger partial charge < -0.3 is 19.5 Å². The van der Waals surface area contributed by atoms with E-state index in [1.807, 2.05) is 26.8 Å². The number of amides is 2. The zero-order valence-corrected chi connectivity index (χ0v) is 18.5. The standard InChI is InChI=1S/C23H29N3O5/c1-6-30-21-13-17(7-12-20(21)31-15(2)3)14-24-26-22(27)16(4)25-23(28)18-8-10-19(29-5)11-9-18/h7-16H,6H2,1-5H3,(H,25,28)(H,26,27). The normalized spacial score (nSPS) is 11.8. The Bertz CT molecular complexity index is 910. The van der Waals surface area contributed by atoms with Gasteiger partial charge in [0.2, 0.25) is 0 Å². The first-order valence-electron chi connectivity index (χ1n) is 10.0. The molecule has 2 amide bonds. The number of nitrogens with zero attached hydrogens (tertiary/aromatic N) is 1. The molecule has 2 rings (SSSR count). The number of hydrogen-bond donors (Lipinski definition) is 2. The summed E-state index contributed by atoms with van der Waals surface area (Å²) in [5, 5.41) is 6.60. The highest BCUT2D eigenvalue weighted by Gasteiger charge is 2.16. The predicted octanol–water partition coefficient (Wildman–Crippen LogP) is 3.15. The van der Waals surface area contributed by atoms with Gasteiger partial charge in [0, 0.05) is 5.56 Å². The van der Waals surface area contributed by atoms with E-state index in [0.717, 1.165) is 5.56 Å². The summed E-state index contributed by atoms with van der Waals surface area (Å²) >= 11 is 0. The number of carbonyl (C=O) groups is 2. The maximum absolute atomic E-state index is 12.3. The fourth-order valence-electron chi connectivity index (χ4n) is 2.58. The third-order valence-electron chi connectivity index (χ3n) is 4.11. The maximum atomic E-state index is 12.3. The molecule has 0 aliphatic heterocycles. The molecule has 0 fully saturated rings. The molecule has 8 nitrogen and oxygen atoms in total. The summed E-state index contributed by atoms with van der Waals surface area (Å²) in [4.78, 5) is 24.5. The van der Waals surface area contributed by atoms with Crippen molar-refractivity contribution in [2.45, 2.75) is 39.8 Å². The summed E-state index contributed by atoms with van der Waals surface area (Å²) < 4.78 is 16.4. The van der Waals surface area contributed by atoms with Crippen LogP contribution in [0.3, 0.4) is 0 Å². The Kier molecular flexibility index (Phi) is 8.87. The molecular weight excluding hydrogens is 398 g/mol. The second-order valence-electron chi connectivity index (χ2n) is 6.96. The highest BCUT2D eigenvalue weighted by molar-refractivity contribution is 5.97. The monoisotopic (exact) mass is 427 g/mol. The molecule has 31 heavy (non-hydrogen) atoms. The van der Waals surface area contributed by atoms with Crippen LogP contribution in [0.25, 0.3) is 0 Å². The molecule has 0 saturated carbocycles. The van der Waals surface area contributed by atoms with Gasteiger partial charge in [-0.3, -0.25) is 9.59 Å². The van der Waals surface area contributed by atoms with Crippen molar-refractivity contribution in [1.82, 2.24) is 10.7 Å². The van der Waals surface area contributed by atoms with Gasteiger partial charge >= 0.3 is 0 Å². The van der Waals surface area contributed by atoms with Crippen LogP contribution in [0.5, 0.6) is 17.2 Å². The van der Waals surface area contributed by atoms with E-state index in [4.69, 9.17) is 14.2 Å². The predicted molar refractivity (Wildman–Crippen MR) is 119 cm³/mol. The van der Waals surface area contributed by atoms with Gasteiger partial charge in [-0.25, -0.2) is 5.43 Å². The first-order chi connectivity index (χ1) is 14.8. The molecule has 166 valence electrons. The molecule has 1 unspecified atom stereocenters. The van der Waals surface area contributed by atoms with Gasteiger partial charge in [-0.2, -0.15) is 5.10 Å². The van der Waals surface area contributed by atoms with Gasteiger partial charge in [-0.15, -0.1) is 0 Å². The Labute approximate surface area is 182 Å². The summed E-state index contributed by atoms with van der Waals surface area (Å²) in [5.41, 5.74) is 3.59. The summed E-state index contributed by atoms with van der Waals surface area (Å²) in [6.45, 7) is 7.85. The van der Waals surface area contributed by atoms with E-state index in [1.165, 1.54) is 6.21 Å². The second-order valence-corrected chi connectivity index (χ2v) is 6.96. The van der Waals surface area contributed by atoms with Crippen LogP contribution in [-0.2, 0) is 4.79 Å². The Morgan fingerprint density at radius 1 is 1.06 bits per heavy atom. The van der Waals surface area contributed by atoms with E-state index in [9.17, 15) is 9.59 Å². The number of hydrogen-bond acceptors (Lipinski definition) is 6. The number of nitrogens with one attached hydrogen (secondary N) is 2. The molecule has 0 saturated heterocycles. The van der Waals surface area contributed by atoms with Crippen LogP contribution < -0.4 is 25.0 Å². The van der Waals surface area contributed by atoms with Crippen LogP contribution in [0.15, 0.2) is 47.6 Å². The lowest BCUT2D eigenvalue weighted by Crippen LogP contribution is -2.43. The Hall–Kier alpha value is -3.55. The Morgan fingerprint density at radius 3 is 2.39 bits per heavy atom. The first-order valence-corrected chi connectivity index (χ1v) is 10.0. The SMILES string of the molecule is CCOc1cc(C=NNC(=O)C(C)NC(=O)c2ccc(OC)cc2)ccc1OC(C)C. The highest BCUT2D eigenvalue weighted by atomic mass is 16.5. The molecule has 0 radical (unpaired) electrons. The lowest BCUT2D eigenvalue weighted by Gasteiger charge is -2.15. The average Bonchev–Trinajstić information content (AvgIpc) is 2.75. The molecule has 8 heteroatoms. The fraction of sp³-hybridized carbons (Fsp3) is 0.348. The molecular formula is C23H29N3O5. The van der Waals surface area contributed by atoms with Crippen molar-refractivity contribution in [3.05, 3.63) is 53.6 Å². The second kappa shape index (κ2) is 11.6. The lowest BCUT2D eigenvalue weighted by atomic mass is 10.2. The summed E-state index contributed by atoms with van der Waals surface area (Å²) in [5.74, 6) is 1.09. The van der Waals surface area contributed by atoms with Crippen molar-refractivity contribution in [1.29, 1.82) is 0 Å².